The molecule has 0 atom stereocenters. The van der Waals surface area contributed by atoms with Crippen molar-refractivity contribution in [1.29, 1.82) is 0 Å². The minimum Gasteiger partial charge on any atom is -0.491 e. The zero-order chi connectivity index (χ0) is 24.3. The number of nitrogens with two attached hydrogens (primary N) is 1. The standard InChI is InChI=1S/C29H30N2O4.ClH/c1-32-16-17-33-27-18-24(12-13-25(27)19-30)26-14-15-28(34-20-22-8-4-2-5-9-22)31-29(26)35-21-23-10-6-3-7-11-23;/h2-15,18H,16-17,19-21,30H2,1H3;1H. The van der Waals surface area contributed by atoms with Crippen molar-refractivity contribution in [2.75, 3.05) is 20.3 Å². The fourth-order valence-corrected chi connectivity index (χ4v) is 3.55. The van der Waals surface area contributed by atoms with Gasteiger partial charge in [-0.3, -0.25) is 0 Å². The molecule has 4 rings (SSSR count). The van der Waals surface area contributed by atoms with Crippen LogP contribution in [-0.2, 0) is 24.5 Å². The predicted molar refractivity (Wildman–Crippen MR) is 144 cm³/mol. The van der Waals surface area contributed by atoms with Gasteiger partial charge in [0.1, 0.15) is 25.6 Å². The van der Waals surface area contributed by atoms with Crippen molar-refractivity contribution in [3.63, 3.8) is 0 Å². The second-order valence-corrected chi connectivity index (χ2v) is 7.92. The van der Waals surface area contributed by atoms with Gasteiger partial charge in [-0.25, -0.2) is 0 Å². The summed E-state index contributed by atoms with van der Waals surface area (Å²) in [4.78, 5) is 4.70. The summed E-state index contributed by atoms with van der Waals surface area (Å²) in [7, 11) is 1.65. The zero-order valence-corrected chi connectivity index (χ0v) is 21.1. The van der Waals surface area contributed by atoms with Crippen molar-refractivity contribution in [2.45, 2.75) is 19.8 Å². The molecule has 1 heterocycles. The summed E-state index contributed by atoms with van der Waals surface area (Å²) in [6, 6.07) is 29.8. The number of methoxy groups -OCH3 is 1. The van der Waals surface area contributed by atoms with Crippen LogP contribution >= 0.6 is 12.4 Å². The Morgan fingerprint density at radius 3 is 2.03 bits per heavy atom. The molecule has 4 aromatic rings. The molecule has 6 nitrogen and oxygen atoms in total. The summed E-state index contributed by atoms with van der Waals surface area (Å²) in [6.45, 7) is 2.13. The zero-order valence-electron chi connectivity index (χ0n) is 20.3. The predicted octanol–water partition coefficient (Wildman–Crippen LogP) is 5.81. The molecule has 0 saturated carbocycles. The largest absolute Gasteiger partial charge is 0.491 e. The Balaban J connectivity index is 0.00000361. The van der Waals surface area contributed by atoms with Crippen LogP contribution in [0, 0.1) is 0 Å². The van der Waals surface area contributed by atoms with Gasteiger partial charge >= 0.3 is 0 Å². The first-order valence-electron chi connectivity index (χ1n) is 11.6. The maximum atomic E-state index is 6.19. The van der Waals surface area contributed by atoms with E-state index < -0.39 is 0 Å². The van der Waals surface area contributed by atoms with E-state index in [2.05, 4.69) is 0 Å². The molecule has 1 aromatic heterocycles. The fraction of sp³-hybridized carbons (Fsp3) is 0.207. The van der Waals surface area contributed by atoms with Crippen LogP contribution in [0.3, 0.4) is 0 Å². The SMILES string of the molecule is COCCOc1cc(-c2ccc(OCc3ccccc3)nc2OCc2ccccc2)ccc1CN.Cl. The highest BCUT2D eigenvalue weighted by molar-refractivity contribution is 5.85. The third kappa shape index (κ3) is 7.46. The number of rotatable bonds is 12. The highest BCUT2D eigenvalue weighted by atomic mass is 35.5. The second-order valence-electron chi connectivity index (χ2n) is 7.92. The Morgan fingerprint density at radius 2 is 1.39 bits per heavy atom. The summed E-state index contributed by atoms with van der Waals surface area (Å²) in [6.07, 6.45) is 0. The lowest BCUT2D eigenvalue weighted by atomic mass is 10.0. The molecule has 0 aliphatic heterocycles. The number of pyridine rings is 1. The van der Waals surface area contributed by atoms with Gasteiger partial charge < -0.3 is 24.7 Å². The molecule has 0 unspecified atom stereocenters. The van der Waals surface area contributed by atoms with E-state index >= 15 is 0 Å². The summed E-state index contributed by atoms with van der Waals surface area (Å²) in [5.74, 6) is 1.71. The van der Waals surface area contributed by atoms with Gasteiger partial charge in [0.15, 0.2) is 0 Å². The molecule has 0 saturated heterocycles. The molecule has 3 aromatic carbocycles. The fourth-order valence-electron chi connectivity index (χ4n) is 3.55. The molecule has 0 spiro atoms. The van der Waals surface area contributed by atoms with Gasteiger partial charge in [-0.1, -0.05) is 72.8 Å². The van der Waals surface area contributed by atoms with Crippen LogP contribution in [0.4, 0.5) is 0 Å². The van der Waals surface area contributed by atoms with Crippen molar-refractivity contribution < 1.29 is 18.9 Å². The normalized spacial score (nSPS) is 10.4. The lowest BCUT2D eigenvalue weighted by Crippen LogP contribution is -2.08. The van der Waals surface area contributed by atoms with E-state index in [0.29, 0.717) is 44.7 Å². The average Bonchev–Trinajstić information content (AvgIpc) is 2.92. The summed E-state index contributed by atoms with van der Waals surface area (Å²) in [5.41, 5.74) is 10.7. The van der Waals surface area contributed by atoms with Gasteiger partial charge in [-0.05, 0) is 28.8 Å². The van der Waals surface area contributed by atoms with Crippen LogP contribution in [0.15, 0.2) is 91.0 Å². The quantitative estimate of drug-likeness (QED) is 0.244. The summed E-state index contributed by atoms with van der Waals surface area (Å²) >= 11 is 0. The van der Waals surface area contributed by atoms with Crippen molar-refractivity contribution >= 4 is 12.4 Å². The van der Waals surface area contributed by atoms with Gasteiger partial charge in [-0.2, -0.15) is 4.98 Å². The van der Waals surface area contributed by atoms with E-state index in [1.807, 2.05) is 91.0 Å². The molecule has 0 amide bonds. The van der Waals surface area contributed by atoms with Gasteiger partial charge in [0.25, 0.3) is 0 Å². The molecule has 7 heteroatoms. The number of halogens is 1. The van der Waals surface area contributed by atoms with E-state index in [9.17, 15) is 0 Å². The monoisotopic (exact) mass is 506 g/mol. The Kier molecular flexibility index (Phi) is 10.6. The van der Waals surface area contributed by atoms with Gasteiger partial charge in [-0.15, -0.1) is 12.4 Å². The van der Waals surface area contributed by atoms with Crippen LogP contribution in [-0.4, -0.2) is 25.3 Å². The molecule has 2 N–H and O–H groups in total. The number of nitrogens with zero attached hydrogens (tertiary/aromatic N) is 1. The average molecular weight is 507 g/mol. The van der Waals surface area contributed by atoms with Crippen molar-refractivity contribution in [3.8, 4) is 28.6 Å². The molecular formula is C29H31ClN2O4. The van der Waals surface area contributed by atoms with Gasteiger partial charge in [0, 0.05) is 30.8 Å². The van der Waals surface area contributed by atoms with Crippen LogP contribution in [0.25, 0.3) is 11.1 Å². The smallest absolute Gasteiger partial charge is 0.225 e. The Morgan fingerprint density at radius 1 is 0.722 bits per heavy atom. The first kappa shape index (κ1) is 27.0. The maximum Gasteiger partial charge on any atom is 0.225 e. The minimum absolute atomic E-state index is 0. The Bertz CT molecular complexity index is 1210. The van der Waals surface area contributed by atoms with Crippen molar-refractivity contribution in [1.82, 2.24) is 4.98 Å². The highest BCUT2D eigenvalue weighted by Gasteiger charge is 2.14. The Hall–Kier alpha value is -3.58. The Labute approximate surface area is 218 Å². The molecule has 0 aliphatic carbocycles. The van der Waals surface area contributed by atoms with E-state index in [1.54, 1.807) is 7.11 Å². The first-order valence-corrected chi connectivity index (χ1v) is 11.6. The molecule has 0 fully saturated rings. The molecule has 0 aliphatic rings. The molecule has 36 heavy (non-hydrogen) atoms. The molecular weight excluding hydrogens is 476 g/mol. The van der Waals surface area contributed by atoms with Gasteiger partial charge in [0.05, 0.1) is 6.61 Å². The van der Waals surface area contributed by atoms with Crippen molar-refractivity contribution in [3.05, 3.63) is 108 Å². The van der Waals surface area contributed by atoms with E-state index in [0.717, 1.165) is 33.6 Å². The van der Waals surface area contributed by atoms with E-state index in [-0.39, 0.29) is 12.4 Å². The van der Waals surface area contributed by atoms with Crippen LogP contribution in [0.2, 0.25) is 0 Å². The number of benzene rings is 3. The molecule has 188 valence electrons. The minimum atomic E-state index is 0. The van der Waals surface area contributed by atoms with E-state index in [4.69, 9.17) is 29.7 Å². The summed E-state index contributed by atoms with van der Waals surface area (Å²) < 4.78 is 23.2. The van der Waals surface area contributed by atoms with E-state index in [1.165, 1.54) is 0 Å². The number of hydrogen-bond donors (Lipinski definition) is 1. The summed E-state index contributed by atoms with van der Waals surface area (Å²) in [5, 5.41) is 0. The number of hydrogen-bond acceptors (Lipinski definition) is 6. The third-order valence-corrected chi connectivity index (χ3v) is 5.43. The topological polar surface area (TPSA) is 75.8 Å². The van der Waals surface area contributed by atoms with Crippen LogP contribution in [0.5, 0.6) is 17.5 Å². The van der Waals surface area contributed by atoms with Gasteiger partial charge in [0.2, 0.25) is 11.8 Å². The molecule has 0 radical (unpaired) electrons. The lowest BCUT2D eigenvalue weighted by molar-refractivity contribution is 0.146. The third-order valence-electron chi connectivity index (χ3n) is 5.43. The number of aromatic nitrogens is 1. The lowest BCUT2D eigenvalue weighted by Gasteiger charge is -2.15. The highest BCUT2D eigenvalue weighted by Crippen LogP contribution is 2.34. The van der Waals surface area contributed by atoms with Crippen molar-refractivity contribution in [2.24, 2.45) is 5.73 Å². The van der Waals surface area contributed by atoms with Crippen LogP contribution in [0.1, 0.15) is 16.7 Å². The molecule has 0 bridgehead atoms. The number of ether oxygens (including phenoxy) is 4. The first-order chi connectivity index (χ1) is 17.3. The van der Waals surface area contributed by atoms with Crippen LogP contribution < -0.4 is 19.9 Å². The maximum absolute atomic E-state index is 6.19. The second kappa shape index (κ2) is 14.1.